The van der Waals surface area contributed by atoms with Crippen molar-refractivity contribution in [1.82, 2.24) is 18.7 Å². The topological polar surface area (TPSA) is 102 Å². The van der Waals surface area contributed by atoms with E-state index in [0.717, 1.165) is 4.57 Å². The zero-order valence-corrected chi connectivity index (χ0v) is 12.0. The van der Waals surface area contributed by atoms with Crippen LogP contribution in [-0.2, 0) is 20.6 Å². The Kier molecular flexibility index (Phi) is 3.61. The van der Waals surface area contributed by atoms with Crippen LogP contribution in [0.1, 0.15) is 0 Å². The highest BCUT2D eigenvalue weighted by molar-refractivity contribution is 9.10. The predicted molar refractivity (Wildman–Crippen MR) is 71.0 cm³/mol. The summed E-state index contributed by atoms with van der Waals surface area (Å²) >= 11 is 3.18. The first-order valence-corrected chi connectivity index (χ1v) is 6.28. The van der Waals surface area contributed by atoms with Crippen LogP contribution in [0.3, 0.4) is 0 Å². The normalized spacial score (nSPS) is 13.1. The minimum absolute atomic E-state index is 0.00102. The summed E-state index contributed by atoms with van der Waals surface area (Å²) in [5, 5.41) is 18.4. The number of aromatic nitrogens is 4. The van der Waals surface area contributed by atoms with Gasteiger partial charge in [-0.15, -0.1) is 0 Å². The van der Waals surface area contributed by atoms with Crippen LogP contribution in [0.4, 0.5) is 0 Å². The average Bonchev–Trinajstić information content (AvgIpc) is 2.71. The van der Waals surface area contributed by atoms with Crippen molar-refractivity contribution in [2.75, 3.05) is 6.61 Å². The molecule has 0 aliphatic heterocycles. The molecule has 0 aromatic carbocycles. The number of hydrogen-bond acceptors (Lipinski definition) is 5. The van der Waals surface area contributed by atoms with Crippen molar-refractivity contribution in [2.24, 2.45) is 14.1 Å². The summed E-state index contributed by atoms with van der Waals surface area (Å²) in [6, 6.07) is 0. The van der Waals surface area contributed by atoms with Gasteiger partial charge in [0.25, 0.3) is 5.56 Å². The summed E-state index contributed by atoms with van der Waals surface area (Å²) in [5.74, 6) is 0. The Balaban J connectivity index is 2.83. The van der Waals surface area contributed by atoms with Gasteiger partial charge in [0.15, 0.2) is 15.9 Å². The third-order valence-electron chi connectivity index (χ3n) is 2.91. The molecule has 0 bridgehead atoms. The summed E-state index contributed by atoms with van der Waals surface area (Å²) in [5.41, 5.74) is -0.548. The average molecular weight is 333 g/mol. The predicted octanol–water partition coefficient (Wildman–Crippen LogP) is -1.45. The molecule has 0 aliphatic rings. The highest BCUT2D eigenvalue weighted by Crippen LogP contribution is 2.16. The van der Waals surface area contributed by atoms with Gasteiger partial charge in [0.1, 0.15) is 0 Å². The lowest BCUT2D eigenvalue weighted by molar-refractivity contribution is 0.0815. The van der Waals surface area contributed by atoms with E-state index in [1.165, 1.54) is 23.2 Å². The maximum absolute atomic E-state index is 12.1. The second-order valence-corrected chi connectivity index (χ2v) is 4.92. The third-order valence-corrected chi connectivity index (χ3v) is 3.51. The number of halogens is 1. The number of imidazole rings is 1. The van der Waals surface area contributed by atoms with E-state index in [1.54, 1.807) is 0 Å². The summed E-state index contributed by atoms with van der Waals surface area (Å²) in [6.07, 6.45) is -1.02. The van der Waals surface area contributed by atoms with Gasteiger partial charge >= 0.3 is 5.69 Å². The Hall–Kier alpha value is -1.45. The molecule has 104 valence electrons. The SMILES string of the molecule is Cn1c(=O)c2c(nc(Br)n2C[C@H](O)CO)n(C)c1=O. The fraction of sp³-hybridized carbons (Fsp3) is 0.500. The first kappa shape index (κ1) is 14.0. The van der Waals surface area contributed by atoms with Gasteiger partial charge in [-0.1, -0.05) is 0 Å². The molecule has 19 heavy (non-hydrogen) atoms. The lowest BCUT2D eigenvalue weighted by Gasteiger charge is -2.10. The van der Waals surface area contributed by atoms with E-state index in [1.807, 2.05) is 0 Å². The molecule has 2 aromatic heterocycles. The Bertz CT molecular complexity index is 745. The van der Waals surface area contributed by atoms with Crippen LogP contribution in [0.25, 0.3) is 11.2 Å². The molecule has 0 fully saturated rings. The summed E-state index contributed by atoms with van der Waals surface area (Å²) in [7, 11) is 2.88. The largest absolute Gasteiger partial charge is 0.394 e. The van der Waals surface area contributed by atoms with Crippen molar-refractivity contribution in [3.05, 3.63) is 25.6 Å². The van der Waals surface area contributed by atoms with Gasteiger partial charge in [-0.3, -0.25) is 13.9 Å². The van der Waals surface area contributed by atoms with E-state index >= 15 is 0 Å². The van der Waals surface area contributed by atoms with Gasteiger partial charge in [-0.2, -0.15) is 0 Å². The Morgan fingerprint density at radius 3 is 2.53 bits per heavy atom. The van der Waals surface area contributed by atoms with Crippen LogP contribution in [0.5, 0.6) is 0 Å². The molecule has 2 aromatic rings. The van der Waals surface area contributed by atoms with Gasteiger partial charge in [0.2, 0.25) is 0 Å². The Morgan fingerprint density at radius 1 is 1.32 bits per heavy atom. The van der Waals surface area contributed by atoms with Crippen LogP contribution in [0.2, 0.25) is 0 Å². The van der Waals surface area contributed by atoms with Crippen LogP contribution >= 0.6 is 15.9 Å². The second kappa shape index (κ2) is 4.91. The molecule has 1 atom stereocenters. The van der Waals surface area contributed by atoms with E-state index in [4.69, 9.17) is 5.11 Å². The fourth-order valence-corrected chi connectivity index (χ4v) is 2.35. The van der Waals surface area contributed by atoms with Gasteiger partial charge in [-0.25, -0.2) is 9.78 Å². The summed E-state index contributed by atoms with van der Waals surface area (Å²) < 4.78 is 3.97. The summed E-state index contributed by atoms with van der Waals surface area (Å²) in [4.78, 5) is 28.0. The molecule has 2 N–H and O–H groups in total. The number of rotatable bonds is 3. The third kappa shape index (κ3) is 2.13. The van der Waals surface area contributed by atoms with E-state index in [9.17, 15) is 14.7 Å². The first-order valence-electron chi connectivity index (χ1n) is 5.49. The van der Waals surface area contributed by atoms with E-state index in [-0.39, 0.29) is 17.7 Å². The van der Waals surface area contributed by atoms with Gasteiger partial charge in [-0.05, 0) is 15.9 Å². The standard InChI is InChI=1S/C10H13BrN4O4/c1-13-7-6(8(18)14(2)10(13)19)15(9(11)12-7)3-5(17)4-16/h5,16-17H,3-4H2,1-2H3/t5-/m0/s1. The first-order chi connectivity index (χ1) is 8.88. The zero-order chi connectivity index (χ0) is 14.3. The van der Waals surface area contributed by atoms with Crippen molar-refractivity contribution in [3.63, 3.8) is 0 Å². The number of fused-ring (bicyclic) bond motifs is 1. The lowest BCUT2D eigenvalue weighted by Crippen LogP contribution is -2.38. The molecule has 0 saturated carbocycles. The smallest absolute Gasteiger partial charge is 0.332 e. The van der Waals surface area contributed by atoms with Crippen LogP contribution in [-0.4, -0.2) is 41.6 Å². The number of aliphatic hydroxyl groups is 2. The number of aliphatic hydroxyl groups excluding tert-OH is 2. The monoisotopic (exact) mass is 332 g/mol. The number of aryl methyl sites for hydroxylation is 1. The molecule has 0 unspecified atom stereocenters. The maximum atomic E-state index is 12.1. The van der Waals surface area contributed by atoms with E-state index in [0.29, 0.717) is 4.73 Å². The number of hydrogen-bond donors (Lipinski definition) is 2. The molecular formula is C10H13BrN4O4. The van der Waals surface area contributed by atoms with Crippen molar-refractivity contribution < 1.29 is 10.2 Å². The fourth-order valence-electron chi connectivity index (χ4n) is 1.86. The molecule has 2 heterocycles. The van der Waals surface area contributed by atoms with Crippen LogP contribution in [0, 0.1) is 0 Å². The quantitative estimate of drug-likeness (QED) is 0.669. The molecule has 0 saturated heterocycles. The Labute approximate surface area is 115 Å². The molecule has 2 rings (SSSR count). The van der Waals surface area contributed by atoms with Crippen molar-refractivity contribution in [3.8, 4) is 0 Å². The molecule has 0 spiro atoms. The van der Waals surface area contributed by atoms with Crippen molar-refractivity contribution in [2.45, 2.75) is 12.6 Å². The highest BCUT2D eigenvalue weighted by atomic mass is 79.9. The van der Waals surface area contributed by atoms with Crippen LogP contribution in [0.15, 0.2) is 14.3 Å². The minimum Gasteiger partial charge on any atom is -0.394 e. The molecule has 0 radical (unpaired) electrons. The number of nitrogens with zero attached hydrogens (tertiary/aromatic N) is 4. The zero-order valence-electron chi connectivity index (χ0n) is 10.4. The van der Waals surface area contributed by atoms with Crippen molar-refractivity contribution in [1.29, 1.82) is 0 Å². The van der Waals surface area contributed by atoms with E-state index < -0.39 is 24.0 Å². The lowest BCUT2D eigenvalue weighted by atomic mass is 10.3. The Morgan fingerprint density at radius 2 is 1.95 bits per heavy atom. The molecule has 9 heteroatoms. The molecule has 8 nitrogen and oxygen atoms in total. The van der Waals surface area contributed by atoms with Gasteiger partial charge < -0.3 is 14.8 Å². The maximum Gasteiger partial charge on any atom is 0.332 e. The highest BCUT2D eigenvalue weighted by Gasteiger charge is 2.19. The van der Waals surface area contributed by atoms with E-state index in [2.05, 4.69) is 20.9 Å². The van der Waals surface area contributed by atoms with Crippen molar-refractivity contribution >= 4 is 27.1 Å². The van der Waals surface area contributed by atoms with Gasteiger partial charge in [0, 0.05) is 14.1 Å². The molecule has 0 aliphatic carbocycles. The second-order valence-electron chi connectivity index (χ2n) is 4.21. The minimum atomic E-state index is -1.02. The van der Waals surface area contributed by atoms with Crippen LogP contribution < -0.4 is 11.2 Å². The van der Waals surface area contributed by atoms with Gasteiger partial charge in [0.05, 0.1) is 19.3 Å². The molecule has 0 amide bonds. The molecular weight excluding hydrogens is 320 g/mol. The summed E-state index contributed by atoms with van der Waals surface area (Å²) in [6.45, 7) is -0.431.